The number of halogens is 4. The van der Waals surface area contributed by atoms with Gasteiger partial charge in [-0.1, -0.05) is 22.9 Å². The van der Waals surface area contributed by atoms with Crippen molar-refractivity contribution in [1.82, 2.24) is 0 Å². The summed E-state index contributed by atoms with van der Waals surface area (Å²) < 4.78 is 43.7. The van der Waals surface area contributed by atoms with E-state index >= 15 is 0 Å². The fraction of sp³-hybridized carbons (Fsp3) is 0.364. The van der Waals surface area contributed by atoms with Crippen LogP contribution >= 0.6 is 15.9 Å². The van der Waals surface area contributed by atoms with E-state index < -0.39 is 23.5 Å². The summed E-state index contributed by atoms with van der Waals surface area (Å²) >= 11 is 3.06. The van der Waals surface area contributed by atoms with Crippen LogP contribution in [0.3, 0.4) is 0 Å². The molecule has 17 heavy (non-hydrogen) atoms. The minimum atomic E-state index is -4.56. The highest BCUT2D eigenvalue weighted by atomic mass is 79.9. The first-order valence-corrected chi connectivity index (χ1v) is 5.63. The Labute approximate surface area is 105 Å². The Kier molecular flexibility index (Phi) is 4.19. The van der Waals surface area contributed by atoms with Crippen LogP contribution in [0.15, 0.2) is 16.6 Å². The molecule has 1 rings (SSSR count). The second-order valence-corrected chi connectivity index (χ2v) is 4.20. The van der Waals surface area contributed by atoms with Crippen LogP contribution in [0, 0.1) is 0 Å². The maximum absolute atomic E-state index is 12.9. The smallest absolute Gasteiger partial charge is 0.420 e. The molecular formula is C11H10BrF3O2. The third-order valence-corrected chi connectivity index (χ3v) is 2.85. The van der Waals surface area contributed by atoms with Crippen LogP contribution in [0.1, 0.15) is 25.0 Å². The fourth-order valence-electron chi connectivity index (χ4n) is 1.50. The van der Waals surface area contributed by atoms with E-state index in [1.54, 1.807) is 6.92 Å². The Morgan fingerprint density at radius 2 is 2.00 bits per heavy atom. The highest BCUT2D eigenvalue weighted by Gasteiger charge is 2.38. The molecule has 0 aliphatic heterocycles. The molecule has 0 aliphatic carbocycles. The average molecular weight is 311 g/mol. The van der Waals surface area contributed by atoms with Crippen molar-refractivity contribution in [2.24, 2.45) is 0 Å². The van der Waals surface area contributed by atoms with Gasteiger partial charge < -0.3 is 4.74 Å². The summed E-state index contributed by atoms with van der Waals surface area (Å²) in [5.41, 5.74) is -0.819. The molecule has 0 aliphatic rings. The predicted octanol–water partition coefficient (Wildman–Crippen LogP) is 3.96. The molecule has 0 radical (unpaired) electrons. The summed E-state index contributed by atoms with van der Waals surface area (Å²) in [6.45, 7) is 2.67. The zero-order valence-corrected chi connectivity index (χ0v) is 10.8. The molecule has 1 aromatic rings. The lowest BCUT2D eigenvalue weighted by atomic mass is 10.0. The topological polar surface area (TPSA) is 26.3 Å². The monoisotopic (exact) mass is 310 g/mol. The third-order valence-electron chi connectivity index (χ3n) is 2.11. The molecule has 2 nitrogen and oxygen atoms in total. The van der Waals surface area contributed by atoms with E-state index in [1.807, 2.05) is 0 Å². The first kappa shape index (κ1) is 14.0. The number of benzene rings is 1. The van der Waals surface area contributed by atoms with E-state index in [4.69, 9.17) is 0 Å². The number of hydrogen-bond donors (Lipinski definition) is 0. The van der Waals surface area contributed by atoms with Gasteiger partial charge in [-0.3, -0.25) is 4.79 Å². The van der Waals surface area contributed by atoms with E-state index in [-0.39, 0.29) is 12.0 Å². The molecule has 0 bridgehead atoms. The van der Waals surface area contributed by atoms with E-state index in [1.165, 1.54) is 6.07 Å². The molecular weight excluding hydrogens is 301 g/mol. The van der Waals surface area contributed by atoms with Crippen molar-refractivity contribution in [3.63, 3.8) is 0 Å². The number of alkyl halides is 3. The number of rotatable bonds is 2. The van der Waals surface area contributed by atoms with Crippen molar-refractivity contribution in [1.29, 1.82) is 0 Å². The minimum Gasteiger partial charge on any atom is -0.426 e. The lowest BCUT2D eigenvalue weighted by molar-refractivity contribution is -0.142. The summed E-state index contributed by atoms with van der Waals surface area (Å²) in [4.78, 5) is 10.8. The normalized spacial score (nSPS) is 11.4. The first-order chi connectivity index (χ1) is 7.77. The summed E-state index contributed by atoms with van der Waals surface area (Å²) in [6, 6.07) is 2.57. The fourth-order valence-corrected chi connectivity index (χ4v) is 2.11. The summed E-state index contributed by atoms with van der Waals surface area (Å²) in [7, 11) is 0. The number of carbonyl (C=O) groups excluding carboxylic acids is 1. The first-order valence-electron chi connectivity index (χ1n) is 4.84. The summed E-state index contributed by atoms with van der Waals surface area (Å²) in [6.07, 6.45) is -4.37. The quantitative estimate of drug-likeness (QED) is 0.610. The molecule has 0 spiro atoms. The summed E-state index contributed by atoms with van der Waals surface area (Å²) in [5, 5.41) is 0. The van der Waals surface area contributed by atoms with Gasteiger partial charge in [0.2, 0.25) is 0 Å². The van der Waals surface area contributed by atoms with E-state index in [9.17, 15) is 18.0 Å². The molecule has 94 valence electrons. The van der Waals surface area contributed by atoms with Crippen molar-refractivity contribution < 1.29 is 22.7 Å². The lowest BCUT2D eigenvalue weighted by Gasteiger charge is -2.17. The molecule has 1 aromatic carbocycles. The van der Waals surface area contributed by atoms with Gasteiger partial charge in [0.15, 0.2) is 0 Å². The Hall–Kier alpha value is -1.04. The standard InChI is InChI=1S/C11H10BrF3O2/c1-3-7-8(12)4-5-9(17-6(2)16)10(7)11(13,14)15/h4-5H,3H2,1-2H3. The zero-order chi connectivity index (χ0) is 13.2. The van der Waals surface area contributed by atoms with Crippen molar-refractivity contribution in [3.05, 3.63) is 27.7 Å². The highest BCUT2D eigenvalue weighted by Crippen LogP contribution is 2.41. The molecule has 0 unspecified atom stereocenters. The van der Waals surface area contributed by atoms with Crippen LogP contribution in [0.4, 0.5) is 13.2 Å². The molecule has 0 atom stereocenters. The second kappa shape index (κ2) is 5.08. The van der Waals surface area contributed by atoms with Gasteiger partial charge >= 0.3 is 12.1 Å². The number of esters is 1. The van der Waals surface area contributed by atoms with Crippen LogP contribution in [0.25, 0.3) is 0 Å². The Morgan fingerprint density at radius 3 is 2.41 bits per heavy atom. The molecule has 0 saturated heterocycles. The average Bonchev–Trinajstić information content (AvgIpc) is 2.17. The van der Waals surface area contributed by atoms with Crippen LogP contribution in [0.5, 0.6) is 5.75 Å². The van der Waals surface area contributed by atoms with Gasteiger partial charge in [-0.2, -0.15) is 13.2 Å². The van der Waals surface area contributed by atoms with Crippen molar-refractivity contribution in [3.8, 4) is 5.75 Å². The van der Waals surface area contributed by atoms with E-state index in [0.717, 1.165) is 13.0 Å². The van der Waals surface area contributed by atoms with Crippen molar-refractivity contribution in [2.75, 3.05) is 0 Å². The molecule has 0 N–H and O–H groups in total. The molecule has 0 fully saturated rings. The molecule has 6 heteroatoms. The Morgan fingerprint density at radius 1 is 1.41 bits per heavy atom. The van der Waals surface area contributed by atoms with E-state index in [0.29, 0.717) is 4.47 Å². The number of carbonyl (C=O) groups is 1. The molecule has 0 saturated carbocycles. The van der Waals surface area contributed by atoms with Gasteiger partial charge in [-0.05, 0) is 24.1 Å². The maximum Gasteiger partial charge on any atom is 0.420 e. The zero-order valence-electron chi connectivity index (χ0n) is 9.19. The van der Waals surface area contributed by atoms with Crippen LogP contribution in [0.2, 0.25) is 0 Å². The number of ether oxygens (including phenoxy) is 1. The Bertz CT molecular complexity index is 441. The Balaban J connectivity index is 3.45. The largest absolute Gasteiger partial charge is 0.426 e. The maximum atomic E-state index is 12.9. The van der Waals surface area contributed by atoms with E-state index in [2.05, 4.69) is 20.7 Å². The van der Waals surface area contributed by atoms with Crippen molar-refractivity contribution in [2.45, 2.75) is 26.4 Å². The third kappa shape index (κ3) is 3.21. The van der Waals surface area contributed by atoms with Gasteiger partial charge in [-0.15, -0.1) is 0 Å². The van der Waals surface area contributed by atoms with Gasteiger partial charge in [-0.25, -0.2) is 0 Å². The summed E-state index contributed by atoms with van der Waals surface area (Å²) in [5.74, 6) is -1.23. The van der Waals surface area contributed by atoms with Crippen LogP contribution < -0.4 is 4.74 Å². The van der Waals surface area contributed by atoms with Gasteiger partial charge in [0.1, 0.15) is 11.3 Å². The molecule has 0 heterocycles. The van der Waals surface area contributed by atoms with Crippen LogP contribution in [-0.2, 0) is 17.4 Å². The minimum absolute atomic E-state index is 0.0799. The molecule has 0 amide bonds. The highest BCUT2D eigenvalue weighted by molar-refractivity contribution is 9.10. The van der Waals surface area contributed by atoms with Crippen molar-refractivity contribution >= 4 is 21.9 Å². The lowest BCUT2D eigenvalue weighted by Crippen LogP contribution is -2.14. The van der Waals surface area contributed by atoms with Gasteiger partial charge in [0.05, 0.1) is 0 Å². The van der Waals surface area contributed by atoms with Gasteiger partial charge in [0.25, 0.3) is 0 Å². The van der Waals surface area contributed by atoms with Crippen LogP contribution in [-0.4, -0.2) is 5.97 Å². The number of hydrogen-bond acceptors (Lipinski definition) is 2. The molecule has 0 aromatic heterocycles. The predicted molar refractivity (Wildman–Crippen MR) is 59.8 cm³/mol. The SMILES string of the molecule is CCc1c(Br)ccc(OC(C)=O)c1C(F)(F)F. The second-order valence-electron chi connectivity index (χ2n) is 3.34. The van der Waals surface area contributed by atoms with Gasteiger partial charge in [0, 0.05) is 11.4 Å².